The second kappa shape index (κ2) is 3.32. The quantitative estimate of drug-likeness (QED) is 0.401. The minimum atomic E-state index is -0.558. The van der Waals surface area contributed by atoms with Gasteiger partial charge in [0.15, 0.2) is 0 Å². The number of carbonyl (C=O) groups excluding carboxylic acids is 2. The van der Waals surface area contributed by atoms with Crippen LogP contribution in [0.25, 0.3) is 0 Å². The van der Waals surface area contributed by atoms with Crippen LogP contribution in [-0.4, -0.2) is 31.6 Å². The number of rotatable bonds is 1. The lowest BCUT2D eigenvalue weighted by Crippen LogP contribution is -2.33. The van der Waals surface area contributed by atoms with Crippen molar-refractivity contribution < 1.29 is 14.3 Å². The maximum Gasteiger partial charge on any atom is 0.327 e. The van der Waals surface area contributed by atoms with Gasteiger partial charge in [0.25, 0.3) is 0 Å². The van der Waals surface area contributed by atoms with Crippen molar-refractivity contribution in [1.29, 1.82) is 0 Å². The zero-order valence-electron chi connectivity index (χ0n) is 6.22. The summed E-state index contributed by atoms with van der Waals surface area (Å²) >= 11 is 0. The number of hydrogen-bond acceptors (Lipinski definition) is 4. The molecule has 11 heavy (non-hydrogen) atoms. The molecule has 1 heterocycles. The first-order valence-electron chi connectivity index (χ1n) is 3.34. The van der Waals surface area contributed by atoms with Gasteiger partial charge in [-0.3, -0.25) is 0 Å². The average Bonchev–Trinajstić information content (AvgIpc) is 2.50. The number of nitrogens with one attached hydrogen (secondary N) is 1. The van der Waals surface area contributed by atoms with E-state index in [9.17, 15) is 9.59 Å². The molecule has 0 aromatic heterocycles. The maximum absolute atomic E-state index is 10.9. The van der Waals surface area contributed by atoms with Crippen LogP contribution in [0.4, 0.5) is 0 Å². The van der Waals surface area contributed by atoms with Crippen LogP contribution in [0.1, 0.15) is 6.42 Å². The molecule has 1 fully saturated rings. The summed E-state index contributed by atoms with van der Waals surface area (Å²) in [5.74, 6) is 1.32. The van der Waals surface area contributed by atoms with Crippen LogP contribution in [0, 0.1) is 0 Å². The molecule has 0 unspecified atom stereocenters. The highest BCUT2D eigenvalue weighted by Gasteiger charge is 2.28. The molecule has 0 spiro atoms. The standard InChI is InChI=1S/C7H9NO3/c1-11-7(10)6-5(4-9)2-3-8-6/h6,8H,2-3H2,1H3/t6-/m0/s1. The van der Waals surface area contributed by atoms with Gasteiger partial charge in [-0.2, -0.15) is 0 Å². The van der Waals surface area contributed by atoms with Gasteiger partial charge < -0.3 is 10.1 Å². The van der Waals surface area contributed by atoms with Crippen molar-refractivity contribution in [2.45, 2.75) is 12.5 Å². The molecule has 0 radical (unpaired) electrons. The molecule has 1 rings (SSSR count). The van der Waals surface area contributed by atoms with Crippen LogP contribution >= 0.6 is 0 Å². The molecule has 0 aromatic carbocycles. The molecule has 1 saturated heterocycles. The molecule has 0 saturated carbocycles. The molecule has 0 amide bonds. The van der Waals surface area contributed by atoms with E-state index >= 15 is 0 Å². The first-order valence-corrected chi connectivity index (χ1v) is 3.34. The second-order valence-corrected chi connectivity index (χ2v) is 2.29. The minimum absolute atomic E-state index is 0.416. The Morgan fingerprint density at radius 3 is 3.09 bits per heavy atom. The lowest BCUT2D eigenvalue weighted by atomic mass is 10.1. The number of ether oxygens (including phenoxy) is 1. The Kier molecular flexibility index (Phi) is 2.41. The predicted molar refractivity (Wildman–Crippen MR) is 37.6 cm³/mol. The zero-order valence-corrected chi connectivity index (χ0v) is 6.22. The van der Waals surface area contributed by atoms with E-state index in [2.05, 4.69) is 10.1 Å². The Balaban J connectivity index is 2.72. The van der Waals surface area contributed by atoms with Gasteiger partial charge in [-0.15, -0.1) is 0 Å². The summed E-state index contributed by atoms with van der Waals surface area (Å²) in [7, 11) is 1.30. The normalized spacial score (nSPS) is 23.0. The molecule has 1 atom stereocenters. The third kappa shape index (κ3) is 1.48. The number of methoxy groups -OCH3 is 1. The monoisotopic (exact) mass is 155 g/mol. The largest absolute Gasteiger partial charge is 0.468 e. The van der Waals surface area contributed by atoms with Crippen LogP contribution in [0.15, 0.2) is 5.57 Å². The summed E-state index contributed by atoms with van der Waals surface area (Å²) in [4.78, 5) is 21.1. The lowest BCUT2D eigenvalue weighted by molar-refractivity contribution is -0.141. The summed E-state index contributed by atoms with van der Waals surface area (Å²) in [5, 5.41) is 2.83. The summed E-state index contributed by atoms with van der Waals surface area (Å²) < 4.78 is 4.47. The van der Waals surface area contributed by atoms with Crippen LogP contribution in [0.5, 0.6) is 0 Å². The molecule has 4 nitrogen and oxygen atoms in total. The number of carbonyl (C=O) groups is 1. The fraction of sp³-hybridized carbons (Fsp3) is 0.571. The van der Waals surface area contributed by atoms with Crippen molar-refractivity contribution >= 4 is 11.9 Å². The van der Waals surface area contributed by atoms with Crippen LogP contribution < -0.4 is 5.32 Å². The molecule has 0 bridgehead atoms. The fourth-order valence-corrected chi connectivity index (χ4v) is 1.07. The van der Waals surface area contributed by atoms with Gasteiger partial charge >= 0.3 is 5.97 Å². The molecular formula is C7H9NO3. The predicted octanol–water partition coefficient (Wildman–Crippen LogP) is -0.721. The molecule has 0 aromatic rings. The van der Waals surface area contributed by atoms with E-state index < -0.39 is 12.0 Å². The van der Waals surface area contributed by atoms with Gasteiger partial charge in [-0.25, -0.2) is 9.59 Å². The number of hydrogen-bond donors (Lipinski definition) is 1. The highest BCUT2D eigenvalue weighted by Crippen LogP contribution is 2.11. The van der Waals surface area contributed by atoms with Gasteiger partial charge in [0.05, 0.1) is 7.11 Å². The summed E-state index contributed by atoms with van der Waals surface area (Å²) in [6, 6.07) is -0.558. The average molecular weight is 155 g/mol. The Hall–Kier alpha value is -1.12. The van der Waals surface area contributed by atoms with E-state index in [-0.39, 0.29) is 0 Å². The first kappa shape index (κ1) is 7.98. The Morgan fingerprint density at radius 1 is 1.82 bits per heavy atom. The van der Waals surface area contributed by atoms with E-state index in [4.69, 9.17) is 0 Å². The van der Waals surface area contributed by atoms with Gasteiger partial charge in [0.2, 0.25) is 0 Å². The minimum Gasteiger partial charge on any atom is -0.468 e. The van der Waals surface area contributed by atoms with E-state index in [1.54, 1.807) is 5.94 Å². The third-order valence-electron chi connectivity index (χ3n) is 1.66. The Morgan fingerprint density at radius 2 is 2.55 bits per heavy atom. The topological polar surface area (TPSA) is 55.4 Å². The van der Waals surface area contributed by atoms with Gasteiger partial charge in [0.1, 0.15) is 12.0 Å². The van der Waals surface area contributed by atoms with Crippen LogP contribution in [0.2, 0.25) is 0 Å². The Labute approximate surface area is 64.2 Å². The smallest absolute Gasteiger partial charge is 0.327 e. The van der Waals surface area contributed by atoms with Gasteiger partial charge in [-0.05, 0) is 6.42 Å². The van der Waals surface area contributed by atoms with Gasteiger partial charge in [-0.1, -0.05) is 0 Å². The summed E-state index contributed by atoms with van der Waals surface area (Å²) in [6.45, 7) is 0.643. The van der Waals surface area contributed by atoms with Crippen LogP contribution in [-0.2, 0) is 14.3 Å². The van der Waals surface area contributed by atoms with Gasteiger partial charge in [0, 0.05) is 12.1 Å². The molecule has 4 heteroatoms. The molecular weight excluding hydrogens is 146 g/mol. The van der Waals surface area contributed by atoms with E-state index in [1.807, 2.05) is 0 Å². The van der Waals surface area contributed by atoms with E-state index in [0.717, 1.165) is 0 Å². The van der Waals surface area contributed by atoms with Crippen molar-refractivity contribution in [3.63, 3.8) is 0 Å². The van der Waals surface area contributed by atoms with Crippen molar-refractivity contribution in [3.05, 3.63) is 5.57 Å². The molecule has 1 aliphatic rings. The highest BCUT2D eigenvalue weighted by atomic mass is 16.5. The molecule has 1 aliphatic heterocycles. The van der Waals surface area contributed by atoms with E-state index in [1.165, 1.54) is 7.11 Å². The first-order chi connectivity index (χ1) is 5.29. The van der Waals surface area contributed by atoms with Crippen LogP contribution in [0.3, 0.4) is 0 Å². The summed E-state index contributed by atoms with van der Waals surface area (Å²) in [6.07, 6.45) is 0.587. The van der Waals surface area contributed by atoms with E-state index in [0.29, 0.717) is 18.5 Å². The second-order valence-electron chi connectivity index (χ2n) is 2.29. The highest BCUT2D eigenvalue weighted by molar-refractivity contribution is 5.83. The zero-order chi connectivity index (χ0) is 8.27. The fourth-order valence-electron chi connectivity index (χ4n) is 1.07. The number of esters is 1. The van der Waals surface area contributed by atoms with Crippen molar-refractivity contribution in [1.82, 2.24) is 5.32 Å². The SMILES string of the molecule is COC(=O)[C@H]1NCCC1=C=O. The lowest BCUT2D eigenvalue weighted by Gasteiger charge is -2.05. The summed E-state index contributed by atoms with van der Waals surface area (Å²) in [5.41, 5.74) is 0.455. The Bertz CT molecular complexity index is 218. The van der Waals surface area contributed by atoms with Crippen molar-refractivity contribution in [3.8, 4) is 0 Å². The molecule has 1 N–H and O–H groups in total. The van der Waals surface area contributed by atoms with Crippen molar-refractivity contribution in [2.75, 3.05) is 13.7 Å². The molecule has 60 valence electrons. The maximum atomic E-state index is 10.9. The van der Waals surface area contributed by atoms with Crippen molar-refractivity contribution in [2.24, 2.45) is 0 Å². The third-order valence-corrected chi connectivity index (χ3v) is 1.66. The molecule has 0 aliphatic carbocycles.